The van der Waals surface area contributed by atoms with Crippen molar-refractivity contribution >= 4 is 27.9 Å². The second-order valence-corrected chi connectivity index (χ2v) is 5.91. The molecule has 1 saturated heterocycles. The Labute approximate surface area is 128 Å². The number of hydrazine groups is 1. The fraction of sp³-hybridized carbons (Fsp3) is 0.375. The second kappa shape index (κ2) is 5.23. The van der Waals surface area contributed by atoms with Crippen molar-refractivity contribution in [2.75, 3.05) is 11.9 Å². The molecule has 2 unspecified atom stereocenters. The van der Waals surface area contributed by atoms with Gasteiger partial charge in [0.25, 0.3) is 0 Å². The van der Waals surface area contributed by atoms with Gasteiger partial charge in [0.1, 0.15) is 17.4 Å². The first kappa shape index (κ1) is 13.5. The highest BCUT2D eigenvalue weighted by molar-refractivity contribution is 6.05. The summed E-state index contributed by atoms with van der Waals surface area (Å²) in [5.74, 6) is 1.24. The lowest BCUT2D eigenvalue weighted by atomic mass is 9.97. The highest BCUT2D eigenvalue weighted by Crippen LogP contribution is 2.30. The van der Waals surface area contributed by atoms with Gasteiger partial charge in [-0.15, -0.1) is 0 Å². The summed E-state index contributed by atoms with van der Waals surface area (Å²) in [5.41, 5.74) is 8.96. The van der Waals surface area contributed by atoms with Gasteiger partial charge in [-0.25, -0.2) is 9.97 Å². The van der Waals surface area contributed by atoms with E-state index in [1.807, 2.05) is 24.3 Å². The van der Waals surface area contributed by atoms with E-state index < -0.39 is 0 Å². The minimum absolute atomic E-state index is 0.413. The van der Waals surface area contributed by atoms with Gasteiger partial charge in [0.15, 0.2) is 11.4 Å². The molecule has 1 aliphatic heterocycles. The third-order valence-corrected chi connectivity index (χ3v) is 4.49. The molecule has 3 heterocycles. The number of fused-ring (bicyclic) bond motifs is 3. The maximum atomic E-state index is 5.93. The van der Waals surface area contributed by atoms with Crippen LogP contribution in [0.5, 0.6) is 0 Å². The summed E-state index contributed by atoms with van der Waals surface area (Å²) in [6.07, 6.45) is 1.59. The van der Waals surface area contributed by atoms with E-state index in [2.05, 4.69) is 40.0 Å². The monoisotopic (exact) mass is 297 g/mol. The predicted octanol–water partition coefficient (Wildman–Crippen LogP) is 2.29. The SMILES string of the molecule is CC1NNC(C)C1CNc1ncnc2c1oc1ccccc12. The molecule has 0 bridgehead atoms. The summed E-state index contributed by atoms with van der Waals surface area (Å²) in [7, 11) is 0. The van der Waals surface area contributed by atoms with E-state index in [-0.39, 0.29) is 0 Å². The van der Waals surface area contributed by atoms with Crippen LogP contribution in [0.15, 0.2) is 35.0 Å². The molecule has 0 aliphatic carbocycles. The smallest absolute Gasteiger partial charge is 0.196 e. The molecule has 0 amide bonds. The van der Waals surface area contributed by atoms with Gasteiger partial charge in [-0.1, -0.05) is 12.1 Å². The summed E-state index contributed by atoms with van der Waals surface area (Å²) in [4.78, 5) is 8.73. The van der Waals surface area contributed by atoms with E-state index in [0.29, 0.717) is 18.0 Å². The fourth-order valence-electron chi connectivity index (χ4n) is 3.13. The molecule has 4 rings (SSSR count). The number of benzene rings is 1. The molecule has 1 aliphatic rings. The van der Waals surface area contributed by atoms with Crippen LogP contribution in [0, 0.1) is 5.92 Å². The first-order chi connectivity index (χ1) is 10.7. The Hall–Kier alpha value is -2.18. The molecular formula is C16H19N5O. The van der Waals surface area contributed by atoms with Crippen LogP contribution in [0.3, 0.4) is 0 Å². The van der Waals surface area contributed by atoms with E-state index >= 15 is 0 Å². The summed E-state index contributed by atoms with van der Waals surface area (Å²) >= 11 is 0. The van der Waals surface area contributed by atoms with Crippen molar-refractivity contribution in [2.45, 2.75) is 25.9 Å². The molecule has 1 aromatic carbocycles. The van der Waals surface area contributed by atoms with Gasteiger partial charge in [0.2, 0.25) is 0 Å². The van der Waals surface area contributed by atoms with Crippen molar-refractivity contribution in [2.24, 2.45) is 5.92 Å². The molecule has 0 saturated carbocycles. The lowest BCUT2D eigenvalue weighted by Gasteiger charge is -2.18. The molecule has 2 aromatic heterocycles. The molecular weight excluding hydrogens is 278 g/mol. The van der Waals surface area contributed by atoms with Crippen LogP contribution in [-0.4, -0.2) is 28.6 Å². The Bertz CT molecular complexity index is 805. The second-order valence-electron chi connectivity index (χ2n) is 5.91. The van der Waals surface area contributed by atoms with Crippen LogP contribution < -0.4 is 16.2 Å². The third kappa shape index (κ3) is 2.12. The Kier molecular flexibility index (Phi) is 3.20. The number of anilines is 1. The highest BCUT2D eigenvalue weighted by Gasteiger charge is 2.29. The van der Waals surface area contributed by atoms with Gasteiger partial charge in [0, 0.05) is 29.9 Å². The molecule has 0 spiro atoms. The maximum absolute atomic E-state index is 5.93. The molecule has 3 N–H and O–H groups in total. The van der Waals surface area contributed by atoms with Gasteiger partial charge in [-0.2, -0.15) is 0 Å². The summed E-state index contributed by atoms with van der Waals surface area (Å²) in [6.45, 7) is 5.19. The maximum Gasteiger partial charge on any atom is 0.196 e. The fourth-order valence-corrected chi connectivity index (χ4v) is 3.13. The quantitative estimate of drug-likeness (QED) is 0.689. The van der Waals surface area contributed by atoms with Crippen molar-refractivity contribution in [3.8, 4) is 0 Å². The number of hydrogen-bond acceptors (Lipinski definition) is 6. The highest BCUT2D eigenvalue weighted by atomic mass is 16.3. The minimum Gasteiger partial charge on any atom is -0.450 e. The molecule has 2 atom stereocenters. The molecule has 3 aromatic rings. The lowest BCUT2D eigenvalue weighted by Crippen LogP contribution is -2.30. The molecule has 1 fully saturated rings. The first-order valence-corrected chi connectivity index (χ1v) is 7.61. The van der Waals surface area contributed by atoms with E-state index in [1.54, 1.807) is 6.33 Å². The molecule has 6 nitrogen and oxygen atoms in total. The average Bonchev–Trinajstić information content (AvgIpc) is 3.07. The largest absolute Gasteiger partial charge is 0.450 e. The number of para-hydroxylation sites is 1. The van der Waals surface area contributed by atoms with Crippen molar-refractivity contribution in [1.82, 2.24) is 20.8 Å². The molecule has 22 heavy (non-hydrogen) atoms. The van der Waals surface area contributed by atoms with Gasteiger partial charge >= 0.3 is 0 Å². The number of hydrogen-bond donors (Lipinski definition) is 3. The van der Waals surface area contributed by atoms with Crippen LogP contribution in [0.4, 0.5) is 5.82 Å². The average molecular weight is 297 g/mol. The zero-order valence-corrected chi connectivity index (χ0v) is 12.6. The number of aromatic nitrogens is 2. The zero-order chi connectivity index (χ0) is 15.1. The molecule has 114 valence electrons. The van der Waals surface area contributed by atoms with Crippen LogP contribution in [0.2, 0.25) is 0 Å². The van der Waals surface area contributed by atoms with Crippen LogP contribution in [-0.2, 0) is 0 Å². The summed E-state index contributed by atoms with van der Waals surface area (Å²) in [6, 6.07) is 8.75. The van der Waals surface area contributed by atoms with E-state index in [4.69, 9.17) is 4.42 Å². The number of furan rings is 1. The predicted molar refractivity (Wildman–Crippen MR) is 86.5 cm³/mol. The van der Waals surface area contributed by atoms with Gasteiger partial charge in [0.05, 0.1) is 0 Å². The molecule has 0 radical (unpaired) electrons. The first-order valence-electron chi connectivity index (χ1n) is 7.61. The number of nitrogens with one attached hydrogen (secondary N) is 3. The Balaban J connectivity index is 1.67. The third-order valence-electron chi connectivity index (χ3n) is 4.49. The van der Waals surface area contributed by atoms with Crippen LogP contribution in [0.25, 0.3) is 22.1 Å². The standard InChI is InChI=1S/C16H19N5O/c1-9-12(10(2)21-20-9)7-17-16-15-14(18-8-19-16)11-5-3-4-6-13(11)22-15/h3-6,8-10,12,20-21H,7H2,1-2H3,(H,17,18,19). The number of nitrogens with zero attached hydrogens (tertiary/aromatic N) is 2. The Morgan fingerprint density at radius 3 is 2.73 bits per heavy atom. The van der Waals surface area contributed by atoms with Crippen molar-refractivity contribution in [1.29, 1.82) is 0 Å². The van der Waals surface area contributed by atoms with Crippen LogP contribution >= 0.6 is 0 Å². The van der Waals surface area contributed by atoms with Crippen molar-refractivity contribution < 1.29 is 4.42 Å². The van der Waals surface area contributed by atoms with Crippen molar-refractivity contribution in [3.05, 3.63) is 30.6 Å². The topological polar surface area (TPSA) is 75.0 Å². The van der Waals surface area contributed by atoms with E-state index in [0.717, 1.165) is 34.4 Å². The molecule has 6 heteroatoms. The van der Waals surface area contributed by atoms with E-state index in [9.17, 15) is 0 Å². The zero-order valence-electron chi connectivity index (χ0n) is 12.6. The van der Waals surface area contributed by atoms with Crippen LogP contribution in [0.1, 0.15) is 13.8 Å². The van der Waals surface area contributed by atoms with Gasteiger partial charge in [-0.05, 0) is 26.0 Å². The Morgan fingerprint density at radius 2 is 1.91 bits per heavy atom. The normalized spacial score (nSPS) is 25.1. The lowest BCUT2D eigenvalue weighted by molar-refractivity contribution is 0.466. The summed E-state index contributed by atoms with van der Waals surface area (Å²) < 4.78 is 5.93. The van der Waals surface area contributed by atoms with Crippen molar-refractivity contribution in [3.63, 3.8) is 0 Å². The minimum atomic E-state index is 0.413. The summed E-state index contributed by atoms with van der Waals surface area (Å²) in [5, 5.41) is 4.45. The van der Waals surface area contributed by atoms with Gasteiger partial charge in [-0.3, -0.25) is 10.9 Å². The Morgan fingerprint density at radius 1 is 1.14 bits per heavy atom. The van der Waals surface area contributed by atoms with E-state index in [1.165, 1.54) is 0 Å². The number of rotatable bonds is 3. The van der Waals surface area contributed by atoms with Gasteiger partial charge < -0.3 is 9.73 Å².